The maximum atomic E-state index is 12.2. The standard InChI is InChI=1S/C13H18F3NO3S/c1-3-17(8-7-13(14,15)16)21(18,19)10-11-5-4-6-12(9-11)20-2/h4-6,9H,3,7-8,10H2,1-2H3. The molecule has 1 rings (SSSR count). The number of sulfonamides is 1. The van der Waals surface area contributed by atoms with Crippen LogP contribution in [0.3, 0.4) is 0 Å². The zero-order chi connectivity index (χ0) is 16.1. The Morgan fingerprint density at radius 2 is 1.95 bits per heavy atom. The van der Waals surface area contributed by atoms with Gasteiger partial charge in [0.15, 0.2) is 0 Å². The van der Waals surface area contributed by atoms with Crippen LogP contribution in [0, 0.1) is 0 Å². The second kappa shape index (κ2) is 7.13. The highest BCUT2D eigenvalue weighted by atomic mass is 32.2. The summed E-state index contributed by atoms with van der Waals surface area (Å²) >= 11 is 0. The second-order valence-corrected chi connectivity index (χ2v) is 6.43. The van der Waals surface area contributed by atoms with Crippen molar-refractivity contribution >= 4 is 10.0 Å². The highest BCUT2D eigenvalue weighted by molar-refractivity contribution is 7.88. The average molecular weight is 325 g/mol. The molecule has 0 bridgehead atoms. The summed E-state index contributed by atoms with van der Waals surface area (Å²) in [7, 11) is -2.34. The highest BCUT2D eigenvalue weighted by Crippen LogP contribution is 2.22. The summed E-state index contributed by atoms with van der Waals surface area (Å²) in [5.74, 6) is 0.150. The normalized spacial score (nSPS) is 12.7. The molecule has 0 heterocycles. The van der Waals surface area contributed by atoms with Gasteiger partial charge in [0.05, 0.1) is 19.3 Å². The quantitative estimate of drug-likeness (QED) is 0.774. The lowest BCUT2D eigenvalue weighted by molar-refractivity contribution is -0.135. The fourth-order valence-electron chi connectivity index (χ4n) is 1.81. The summed E-state index contributed by atoms with van der Waals surface area (Å²) in [6.45, 7) is 0.953. The molecule has 0 aliphatic carbocycles. The van der Waals surface area contributed by atoms with Gasteiger partial charge < -0.3 is 4.74 Å². The third-order valence-electron chi connectivity index (χ3n) is 2.87. The van der Waals surface area contributed by atoms with Crippen LogP contribution in [0.2, 0.25) is 0 Å². The molecule has 0 spiro atoms. The molecule has 0 aliphatic heterocycles. The maximum absolute atomic E-state index is 12.2. The lowest BCUT2D eigenvalue weighted by Crippen LogP contribution is -2.34. The Labute approximate surface area is 122 Å². The van der Waals surface area contributed by atoms with Crippen molar-refractivity contribution in [2.75, 3.05) is 20.2 Å². The minimum atomic E-state index is -4.38. The molecular weight excluding hydrogens is 307 g/mol. The van der Waals surface area contributed by atoms with Crippen LogP contribution in [0.1, 0.15) is 18.9 Å². The topological polar surface area (TPSA) is 46.6 Å². The first kappa shape index (κ1) is 17.8. The van der Waals surface area contributed by atoms with Crippen molar-refractivity contribution in [3.63, 3.8) is 0 Å². The van der Waals surface area contributed by atoms with E-state index in [0.717, 1.165) is 4.31 Å². The summed E-state index contributed by atoms with van der Waals surface area (Å²) in [5.41, 5.74) is 0.472. The van der Waals surface area contributed by atoms with Gasteiger partial charge in [0, 0.05) is 13.1 Å². The van der Waals surface area contributed by atoms with Crippen LogP contribution >= 0.6 is 0 Å². The molecule has 0 atom stereocenters. The Morgan fingerprint density at radius 3 is 2.48 bits per heavy atom. The fourth-order valence-corrected chi connectivity index (χ4v) is 3.36. The number of methoxy groups -OCH3 is 1. The Morgan fingerprint density at radius 1 is 1.29 bits per heavy atom. The van der Waals surface area contributed by atoms with E-state index in [0.29, 0.717) is 11.3 Å². The van der Waals surface area contributed by atoms with Crippen LogP contribution < -0.4 is 4.74 Å². The molecule has 0 saturated heterocycles. The van der Waals surface area contributed by atoms with E-state index in [-0.39, 0.29) is 12.3 Å². The van der Waals surface area contributed by atoms with E-state index < -0.39 is 29.2 Å². The SMILES string of the molecule is CCN(CCC(F)(F)F)S(=O)(=O)Cc1cccc(OC)c1. The highest BCUT2D eigenvalue weighted by Gasteiger charge is 2.30. The third-order valence-corrected chi connectivity index (χ3v) is 4.80. The molecule has 8 heteroatoms. The van der Waals surface area contributed by atoms with Gasteiger partial charge in [-0.05, 0) is 17.7 Å². The molecule has 0 aromatic heterocycles. The van der Waals surface area contributed by atoms with Gasteiger partial charge in [0.2, 0.25) is 10.0 Å². The third kappa shape index (κ3) is 5.92. The van der Waals surface area contributed by atoms with Gasteiger partial charge in [-0.1, -0.05) is 19.1 Å². The van der Waals surface area contributed by atoms with E-state index in [1.54, 1.807) is 24.3 Å². The summed E-state index contributed by atoms with van der Waals surface area (Å²) in [6.07, 6.45) is -5.53. The van der Waals surface area contributed by atoms with Gasteiger partial charge in [0.25, 0.3) is 0 Å². The van der Waals surface area contributed by atoms with Crippen LogP contribution in [-0.2, 0) is 15.8 Å². The molecule has 0 fully saturated rings. The van der Waals surface area contributed by atoms with Crippen molar-refractivity contribution in [3.05, 3.63) is 29.8 Å². The number of ether oxygens (including phenoxy) is 1. The van der Waals surface area contributed by atoms with Crippen LogP contribution in [-0.4, -0.2) is 39.1 Å². The second-order valence-electron chi connectivity index (χ2n) is 4.46. The number of alkyl halides is 3. The minimum Gasteiger partial charge on any atom is -0.497 e. The summed E-state index contributed by atoms with van der Waals surface area (Å²) in [5, 5.41) is 0. The molecule has 1 aromatic rings. The van der Waals surface area contributed by atoms with Crippen molar-refractivity contribution < 1.29 is 26.3 Å². The van der Waals surface area contributed by atoms with Crippen molar-refractivity contribution in [3.8, 4) is 5.75 Å². The van der Waals surface area contributed by atoms with E-state index in [9.17, 15) is 21.6 Å². The van der Waals surface area contributed by atoms with Gasteiger partial charge in [-0.2, -0.15) is 13.2 Å². The molecule has 1 aromatic carbocycles. The molecule has 0 N–H and O–H groups in total. The predicted molar refractivity (Wildman–Crippen MR) is 73.5 cm³/mol. The first-order chi connectivity index (χ1) is 9.68. The molecule has 0 saturated carbocycles. The van der Waals surface area contributed by atoms with Crippen molar-refractivity contribution in [2.24, 2.45) is 0 Å². The number of rotatable bonds is 7. The lowest BCUT2D eigenvalue weighted by Gasteiger charge is -2.21. The number of benzene rings is 1. The lowest BCUT2D eigenvalue weighted by atomic mass is 10.2. The van der Waals surface area contributed by atoms with E-state index in [1.807, 2.05) is 0 Å². The van der Waals surface area contributed by atoms with E-state index in [2.05, 4.69) is 0 Å². The zero-order valence-corrected chi connectivity index (χ0v) is 12.7. The number of hydrogen-bond acceptors (Lipinski definition) is 3. The van der Waals surface area contributed by atoms with Crippen molar-refractivity contribution in [1.82, 2.24) is 4.31 Å². The molecule has 0 aliphatic rings. The first-order valence-electron chi connectivity index (χ1n) is 6.35. The van der Waals surface area contributed by atoms with Gasteiger partial charge in [-0.3, -0.25) is 0 Å². The smallest absolute Gasteiger partial charge is 0.390 e. The van der Waals surface area contributed by atoms with Crippen molar-refractivity contribution in [1.29, 1.82) is 0 Å². The van der Waals surface area contributed by atoms with E-state index in [4.69, 9.17) is 4.74 Å². The fraction of sp³-hybridized carbons (Fsp3) is 0.538. The predicted octanol–water partition coefficient (Wildman–Crippen LogP) is 2.80. The largest absolute Gasteiger partial charge is 0.497 e. The molecule has 4 nitrogen and oxygen atoms in total. The molecule has 0 amide bonds. The Bertz CT molecular complexity index is 558. The van der Waals surface area contributed by atoms with Crippen LogP contribution in [0.25, 0.3) is 0 Å². The number of hydrogen-bond donors (Lipinski definition) is 0. The van der Waals surface area contributed by atoms with Crippen molar-refractivity contribution in [2.45, 2.75) is 25.3 Å². The number of halogens is 3. The van der Waals surface area contributed by atoms with E-state index >= 15 is 0 Å². The molecule has 0 unspecified atom stereocenters. The summed E-state index contributed by atoms with van der Waals surface area (Å²) in [4.78, 5) is 0. The summed E-state index contributed by atoms with van der Waals surface area (Å²) in [6, 6.07) is 6.44. The average Bonchev–Trinajstić information content (AvgIpc) is 2.37. The first-order valence-corrected chi connectivity index (χ1v) is 7.96. The maximum Gasteiger partial charge on any atom is 0.390 e. The van der Waals surface area contributed by atoms with Crippen LogP contribution in [0.4, 0.5) is 13.2 Å². The van der Waals surface area contributed by atoms with Gasteiger partial charge in [0.1, 0.15) is 5.75 Å². The Balaban J connectivity index is 2.82. The van der Waals surface area contributed by atoms with Gasteiger partial charge >= 0.3 is 6.18 Å². The van der Waals surface area contributed by atoms with E-state index in [1.165, 1.54) is 14.0 Å². The number of nitrogens with zero attached hydrogens (tertiary/aromatic N) is 1. The minimum absolute atomic E-state index is 0.00236. The monoisotopic (exact) mass is 325 g/mol. The van der Waals surface area contributed by atoms with Gasteiger partial charge in [-0.25, -0.2) is 12.7 Å². The van der Waals surface area contributed by atoms with Crippen LogP contribution in [0.5, 0.6) is 5.75 Å². The Kier molecular flexibility index (Phi) is 6.03. The van der Waals surface area contributed by atoms with Gasteiger partial charge in [-0.15, -0.1) is 0 Å². The van der Waals surface area contributed by atoms with Crippen LogP contribution in [0.15, 0.2) is 24.3 Å². The summed E-state index contributed by atoms with van der Waals surface area (Å²) < 4.78 is 66.9. The molecule has 21 heavy (non-hydrogen) atoms. The molecule has 120 valence electrons. The Hall–Kier alpha value is -1.28. The molecule has 0 radical (unpaired) electrons. The molecular formula is C13H18F3NO3S. The zero-order valence-electron chi connectivity index (χ0n) is 11.9.